The van der Waals surface area contributed by atoms with Crippen LogP contribution < -0.4 is 14.8 Å². The monoisotopic (exact) mass is 423 g/mol. The predicted molar refractivity (Wildman–Crippen MR) is 114 cm³/mol. The quantitative estimate of drug-likeness (QED) is 0.315. The standard InChI is InChI=1S/C22H21N3O6/c1-2-15-4-3-5-16(10-15)25-22-17-11-19(31-9-8-29-13-21(27)28)20(30-7-6-26)12-18(17)23-14-24-22/h1,3-5,10-12,14,26H,6-9,13H2,(H,27,28)(H,23,24,25). The highest BCUT2D eigenvalue weighted by Crippen LogP contribution is 2.35. The van der Waals surface area contributed by atoms with Crippen molar-refractivity contribution < 1.29 is 29.2 Å². The normalized spacial score (nSPS) is 10.5. The van der Waals surface area contributed by atoms with Gasteiger partial charge in [-0.1, -0.05) is 12.0 Å². The first-order valence-corrected chi connectivity index (χ1v) is 9.39. The summed E-state index contributed by atoms with van der Waals surface area (Å²) >= 11 is 0. The Hall–Kier alpha value is -3.87. The maximum atomic E-state index is 10.5. The summed E-state index contributed by atoms with van der Waals surface area (Å²) in [6.45, 7) is -0.310. The number of hydrogen-bond acceptors (Lipinski definition) is 8. The molecule has 0 spiro atoms. The Morgan fingerprint density at radius 2 is 1.90 bits per heavy atom. The van der Waals surface area contributed by atoms with E-state index in [2.05, 4.69) is 21.2 Å². The molecule has 0 radical (unpaired) electrons. The summed E-state index contributed by atoms with van der Waals surface area (Å²) in [4.78, 5) is 19.1. The average molecular weight is 423 g/mol. The Bertz CT molecular complexity index is 1100. The lowest BCUT2D eigenvalue weighted by Crippen LogP contribution is -2.13. The molecule has 9 heteroatoms. The number of carboxylic acids is 1. The van der Waals surface area contributed by atoms with Gasteiger partial charge in [-0.15, -0.1) is 6.42 Å². The van der Waals surface area contributed by atoms with Gasteiger partial charge >= 0.3 is 5.97 Å². The number of carboxylic acid groups (broad SMARTS) is 1. The molecule has 2 aromatic carbocycles. The van der Waals surface area contributed by atoms with E-state index in [1.165, 1.54) is 6.33 Å². The molecule has 0 aliphatic carbocycles. The molecule has 9 nitrogen and oxygen atoms in total. The van der Waals surface area contributed by atoms with Gasteiger partial charge in [-0.05, 0) is 24.3 Å². The first kappa shape index (κ1) is 21.8. The van der Waals surface area contributed by atoms with Crippen LogP contribution in [-0.2, 0) is 9.53 Å². The van der Waals surface area contributed by atoms with Crippen LogP contribution in [0.1, 0.15) is 5.56 Å². The molecule has 0 aliphatic heterocycles. The number of aliphatic carboxylic acids is 1. The maximum Gasteiger partial charge on any atom is 0.329 e. The summed E-state index contributed by atoms with van der Waals surface area (Å²) in [6, 6.07) is 10.8. The van der Waals surface area contributed by atoms with Gasteiger partial charge in [-0.2, -0.15) is 0 Å². The van der Waals surface area contributed by atoms with Crippen molar-refractivity contribution in [1.29, 1.82) is 0 Å². The van der Waals surface area contributed by atoms with Crippen LogP contribution >= 0.6 is 0 Å². The van der Waals surface area contributed by atoms with E-state index in [1.54, 1.807) is 12.1 Å². The van der Waals surface area contributed by atoms with Gasteiger partial charge in [-0.25, -0.2) is 14.8 Å². The van der Waals surface area contributed by atoms with E-state index in [9.17, 15) is 4.79 Å². The Balaban J connectivity index is 1.88. The van der Waals surface area contributed by atoms with Gasteiger partial charge in [0, 0.05) is 22.7 Å². The van der Waals surface area contributed by atoms with Crippen LogP contribution in [0.5, 0.6) is 11.5 Å². The van der Waals surface area contributed by atoms with Gasteiger partial charge in [0.2, 0.25) is 0 Å². The number of aliphatic hydroxyl groups is 1. The number of carbonyl (C=O) groups is 1. The smallest absolute Gasteiger partial charge is 0.329 e. The number of benzene rings is 2. The molecule has 31 heavy (non-hydrogen) atoms. The number of terminal acetylenes is 1. The van der Waals surface area contributed by atoms with E-state index in [4.69, 9.17) is 30.8 Å². The Kier molecular flexibility index (Phi) is 7.59. The zero-order chi connectivity index (χ0) is 22.1. The largest absolute Gasteiger partial charge is 0.487 e. The molecular weight excluding hydrogens is 402 g/mol. The number of anilines is 2. The Labute approximate surface area is 178 Å². The van der Waals surface area contributed by atoms with E-state index in [0.717, 1.165) is 11.3 Å². The molecule has 0 amide bonds. The van der Waals surface area contributed by atoms with Crippen LogP contribution in [0.15, 0.2) is 42.7 Å². The SMILES string of the molecule is C#Cc1cccc(Nc2ncnc3cc(OCCO)c(OCCOCC(=O)O)cc23)c1. The van der Waals surface area contributed by atoms with Crippen LogP contribution in [0, 0.1) is 12.3 Å². The molecular formula is C22H21N3O6. The van der Waals surface area contributed by atoms with Crippen molar-refractivity contribution in [2.24, 2.45) is 0 Å². The zero-order valence-electron chi connectivity index (χ0n) is 16.6. The second-order valence-corrected chi connectivity index (χ2v) is 6.26. The van der Waals surface area contributed by atoms with Crippen molar-refractivity contribution >= 4 is 28.4 Å². The summed E-state index contributed by atoms with van der Waals surface area (Å²) in [5.41, 5.74) is 2.10. The van der Waals surface area contributed by atoms with Gasteiger partial charge in [0.25, 0.3) is 0 Å². The van der Waals surface area contributed by atoms with E-state index >= 15 is 0 Å². The Morgan fingerprint density at radius 3 is 2.68 bits per heavy atom. The highest BCUT2D eigenvalue weighted by Gasteiger charge is 2.13. The average Bonchev–Trinajstić information content (AvgIpc) is 2.77. The lowest BCUT2D eigenvalue weighted by Gasteiger charge is -2.15. The lowest BCUT2D eigenvalue weighted by molar-refractivity contribution is -0.142. The minimum Gasteiger partial charge on any atom is -0.487 e. The molecule has 1 heterocycles. The highest BCUT2D eigenvalue weighted by atomic mass is 16.5. The van der Waals surface area contributed by atoms with Crippen molar-refractivity contribution in [3.63, 3.8) is 0 Å². The van der Waals surface area contributed by atoms with Crippen LogP contribution in [0.25, 0.3) is 10.9 Å². The van der Waals surface area contributed by atoms with E-state index in [0.29, 0.717) is 28.2 Å². The number of aliphatic hydroxyl groups excluding tert-OH is 1. The van der Waals surface area contributed by atoms with Gasteiger partial charge in [0.05, 0.1) is 18.7 Å². The third-order valence-electron chi connectivity index (χ3n) is 4.05. The first-order valence-electron chi connectivity index (χ1n) is 9.39. The zero-order valence-corrected chi connectivity index (χ0v) is 16.6. The molecule has 0 unspecified atom stereocenters. The van der Waals surface area contributed by atoms with Gasteiger partial charge in [-0.3, -0.25) is 0 Å². The second kappa shape index (κ2) is 10.8. The van der Waals surface area contributed by atoms with E-state index in [1.807, 2.05) is 24.3 Å². The summed E-state index contributed by atoms with van der Waals surface area (Å²) in [5, 5.41) is 21.6. The highest BCUT2D eigenvalue weighted by molar-refractivity contribution is 5.93. The topological polar surface area (TPSA) is 123 Å². The van der Waals surface area contributed by atoms with Crippen LogP contribution in [0.2, 0.25) is 0 Å². The fraction of sp³-hybridized carbons (Fsp3) is 0.227. The molecule has 0 fully saturated rings. The number of rotatable bonds is 11. The Morgan fingerprint density at radius 1 is 1.10 bits per heavy atom. The van der Waals surface area contributed by atoms with Crippen LogP contribution in [-0.4, -0.2) is 59.2 Å². The van der Waals surface area contributed by atoms with Gasteiger partial charge in [0.15, 0.2) is 11.5 Å². The number of fused-ring (bicyclic) bond motifs is 1. The second-order valence-electron chi connectivity index (χ2n) is 6.26. The van der Waals surface area contributed by atoms with Crippen molar-refractivity contribution in [3.8, 4) is 23.8 Å². The predicted octanol–water partition coefficient (Wildman–Crippen LogP) is 2.21. The third-order valence-corrected chi connectivity index (χ3v) is 4.05. The summed E-state index contributed by atoms with van der Waals surface area (Å²) in [7, 11) is 0. The molecule has 3 N–H and O–H groups in total. The summed E-state index contributed by atoms with van der Waals surface area (Å²) in [5.74, 6) is 2.85. The molecule has 3 aromatic rings. The van der Waals surface area contributed by atoms with Gasteiger partial charge in [0.1, 0.15) is 32.0 Å². The molecule has 0 aliphatic rings. The molecule has 160 valence electrons. The summed E-state index contributed by atoms with van der Waals surface area (Å²) < 4.78 is 16.3. The minimum absolute atomic E-state index is 0.0758. The number of ether oxygens (including phenoxy) is 3. The number of hydrogen-bond donors (Lipinski definition) is 3. The van der Waals surface area contributed by atoms with Crippen molar-refractivity contribution in [1.82, 2.24) is 9.97 Å². The number of aromatic nitrogens is 2. The molecule has 1 aromatic heterocycles. The van der Waals surface area contributed by atoms with Gasteiger partial charge < -0.3 is 29.7 Å². The molecule has 0 saturated heterocycles. The molecule has 3 rings (SSSR count). The van der Waals surface area contributed by atoms with Crippen LogP contribution in [0.3, 0.4) is 0 Å². The van der Waals surface area contributed by atoms with Crippen molar-refractivity contribution in [2.45, 2.75) is 0 Å². The van der Waals surface area contributed by atoms with E-state index < -0.39 is 12.6 Å². The molecule has 0 atom stereocenters. The fourth-order valence-electron chi connectivity index (χ4n) is 2.74. The minimum atomic E-state index is -1.06. The number of nitrogens with one attached hydrogen (secondary N) is 1. The van der Waals surface area contributed by atoms with Crippen molar-refractivity contribution in [3.05, 3.63) is 48.3 Å². The third kappa shape index (κ3) is 6.05. The lowest BCUT2D eigenvalue weighted by atomic mass is 10.2. The molecule has 0 saturated carbocycles. The van der Waals surface area contributed by atoms with Crippen LogP contribution in [0.4, 0.5) is 11.5 Å². The molecule has 0 bridgehead atoms. The van der Waals surface area contributed by atoms with Crippen molar-refractivity contribution in [2.75, 3.05) is 38.4 Å². The first-order chi connectivity index (χ1) is 15.1. The number of nitrogens with zero attached hydrogens (tertiary/aromatic N) is 2. The maximum absolute atomic E-state index is 10.5. The fourth-order valence-corrected chi connectivity index (χ4v) is 2.74. The summed E-state index contributed by atoms with van der Waals surface area (Å²) in [6.07, 6.45) is 6.89. The van der Waals surface area contributed by atoms with E-state index in [-0.39, 0.29) is 26.4 Å².